The van der Waals surface area contributed by atoms with E-state index in [1.54, 1.807) is 4.90 Å². The quantitative estimate of drug-likeness (QED) is 0.577. The molecule has 1 amide bonds. The largest absolute Gasteiger partial charge is 0.444 e. The SMILES string of the molecule is CC(C)(C)OC(=O)N1CCC(OCCI)CC1. The van der Waals surface area contributed by atoms with E-state index >= 15 is 0 Å². The Morgan fingerprint density at radius 1 is 1.35 bits per heavy atom. The molecule has 0 saturated carbocycles. The van der Waals surface area contributed by atoms with E-state index in [0.717, 1.165) is 37.0 Å². The molecule has 1 aliphatic rings. The molecule has 1 aliphatic heterocycles. The first-order valence-electron chi connectivity index (χ1n) is 6.08. The lowest BCUT2D eigenvalue weighted by atomic mass is 10.1. The maximum Gasteiger partial charge on any atom is 0.410 e. The summed E-state index contributed by atoms with van der Waals surface area (Å²) in [5.41, 5.74) is -0.411. The van der Waals surface area contributed by atoms with Gasteiger partial charge in [0.25, 0.3) is 0 Å². The number of likely N-dealkylation sites (tertiary alicyclic amines) is 1. The van der Waals surface area contributed by atoms with Gasteiger partial charge in [-0.2, -0.15) is 0 Å². The van der Waals surface area contributed by atoms with Crippen LogP contribution in [0.5, 0.6) is 0 Å². The summed E-state index contributed by atoms with van der Waals surface area (Å²) in [5.74, 6) is 0. The average molecular weight is 355 g/mol. The second-order valence-electron chi connectivity index (χ2n) is 5.23. The van der Waals surface area contributed by atoms with Crippen molar-refractivity contribution in [1.82, 2.24) is 4.90 Å². The Balaban J connectivity index is 2.29. The number of nitrogens with zero attached hydrogens (tertiary/aromatic N) is 1. The lowest BCUT2D eigenvalue weighted by Gasteiger charge is -2.33. The van der Waals surface area contributed by atoms with Gasteiger partial charge in [-0.15, -0.1) is 0 Å². The highest BCUT2D eigenvalue weighted by Gasteiger charge is 2.26. The molecule has 0 radical (unpaired) electrons. The molecule has 0 atom stereocenters. The molecule has 0 bridgehead atoms. The maximum atomic E-state index is 11.8. The second kappa shape index (κ2) is 6.78. The molecule has 0 spiro atoms. The van der Waals surface area contributed by atoms with E-state index in [0.29, 0.717) is 6.10 Å². The van der Waals surface area contributed by atoms with Crippen LogP contribution in [0.1, 0.15) is 33.6 Å². The molecule has 100 valence electrons. The maximum absolute atomic E-state index is 11.8. The Bertz CT molecular complexity index is 245. The highest BCUT2D eigenvalue weighted by Crippen LogP contribution is 2.17. The fraction of sp³-hybridized carbons (Fsp3) is 0.917. The molecular weight excluding hydrogens is 333 g/mol. The fourth-order valence-electron chi connectivity index (χ4n) is 1.74. The van der Waals surface area contributed by atoms with Crippen molar-refractivity contribution in [1.29, 1.82) is 0 Å². The summed E-state index contributed by atoms with van der Waals surface area (Å²) < 4.78 is 12.0. The van der Waals surface area contributed by atoms with Gasteiger partial charge in [-0.3, -0.25) is 0 Å². The lowest BCUT2D eigenvalue weighted by Crippen LogP contribution is -2.43. The summed E-state index contributed by atoms with van der Waals surface area (Å²) in [5, 5.41) is 0. The van der Waals surface area contributed by atoms with Gasteiger partial charge in [-0.05, 0) is 33.6 Å². The number of alkyl halides is 1. The molecule has 0 aromatic heterocycles. The van der Waals surface area contributed by atoms with E-state index in [-0.39, 0.29) is 6.09 Å². The third-order valence-electron chi connectivity index (χ3n) is 2.52. The van der Waals surface area contributed by atoms with Gasteiger partial charge in [0.05, 0.1) is 12.7 Å². The minimum atomic E-state index is -0.411. The zero-order chi connectivity index (χ0) is 12.9. The van der Waals surface area contributed by atoms with Gasteiger partial charge in [0.2, 0.25) is 0 Å². The van der Waals surface area contributed by atoms with Crippen LogP contribution in [-0.4, -0.2) is 46.8 Å². The zero-order valence-electron chi connectivity index (χ0n) is 10.9. The van der Waals surface area contributed by atoms with Crippen molar-refractivity contribution in [2.45, 2.75) is 45.3 Å². The molecule has 1 fully saturated rings. The molecule has 5 heteroatoms. The van der Waals surface area contributed by atoms with Gasteiger partial charge in [0.1, 0.15) is 5.60 Å². The Kier molecular flexibility index (Phi) is 5.99. The molecule has 0 aromatic rings. The third-order valence-corrected chi connectivity index (χ3v) is 2.96. The van der Waals surface area contributed by atoms with Crippen molar-refractivity contribution in [2.75, 3.05) is 24.1 Å². The van der Waals surface area contributed by atoms with E-state index < -0.39 is 5.60 Å². The van der Waals surface area contributed by atoms with E-state index in [9.17, 15) is 4.79 Å². The number of halogens is 1. The highest BCUT2D eigenvalue weighted by atomic mass is 127. The van der Waals surface area contributed by atoms with Crippen molar-refractivity contribution in [3.05, 3.63) is 0 Å². The second-order valence-corrected chi connectivity index (χ2v) is 6.31. The summed E-state index contributed by atoms with van der Waals surface area (Å²) in [7, 11) is 0. The fourth-order valence-corrected chi connectivity index (χ4v) is 2.00. The van der Waals surface area contributed by atoms with E-state index in [1.807, 2.05) is 20.8 Å². The van der Waals surface area contributed by atoms with Gasteiger partial charge < -0.3 is 14.4 Å². The normalized spacial score (nSPS) is 18.2. The Morgan fingerprint density at radius 2 is 1.94 bits per heavy atom. The van der Waals surface area contributed by atoms with Crippen LogP contribution in [0.2, 0.25) is 0 Å². The minimum Gasteiger partial charge on any atom is -0.444 e. The minimum absolute atomic E-state index is 0.204. The molecule has 1 saturated heterocycles. The van der Waals surface area contributed by atoms with Crippen LogP contribution in [0.15, 0.2) is 0 Å². The first-order valence-corrected chi connectivity index (χ1v) is 7.60. The molecule has 0 aliphatic carbocycles. The molecule has 0 unspecified atom stereocenters. The molecule has 4 nitrogen and oxygen atoms in total. The van der Waals surface area contributed by atoms with Crippen molar-refractivity contribution in [3.8, 4) is 0 Å². The van der Waals surface area contributed by atoms with E-state index in [2.05, 4.69) is 22.6 Å². The number of hydrogen-bond donors (Lipinski definition) is 0. The number of hydrogen-bond acceptors (Lipinski definition) is 3. The average Bonchev–Trinajstić information content (AvgIpc) is 2.24. The first kappa shape index (κ1) is 15.0. The predicted octanol–water partition coefficient (Wildman–Crippen LogP) is 2.84. The third kappa shape index (κ3) is 5.90. The Hall–Kier alpha value is -0.0400. The van der Waals surface area contributed by atoms with Crippen LogP contribution in [0.4, 0.5) is 4.79 Å². The summed E-state index contributed by atoms with van der Waals surface area (Å²) >= 11 is 2.30. The van der Waals surface area contributed by atoms with Crippen LogP contribution in [0.25, 0.3) is 0 Å². The number of piperidine rings is 1. The summed E-state index contributed by atoms with van der Waals surface area (Å²) in [4.78, 5) is 13.6. The number of amides is 1. The highest BCUT2D eigenvalue weighted by molar-refractivity contribution is 14.1. The molecule has 1 rings (SSSR count). The van der Waals surface area contributed by atoms with Crippen LogP contribution in [-0.2, 0) is 9.47 Å². The number of ether oxygens (including phenoxy) is 2. The van der Waals surface area contributed by atoms with E-state index in [4.69, 9.17) is 9.47 Å². The summed E-state index contributed by atoms with van der Waals surface area (Å²) in [6.45, 7) is 7.95. The van der Waals surface area contributed by atoms with Gasteiger partial charge in [0, 0.05) is 17.5 Å². The van der Waals surface area contributed by atoms with E-state index in [1.165, 1.54) is 0 Å². The van der Waals surface area contributed by atoms with Gasteiger partial charge in [0.15, 0.2) is 0 Å². The van der Waals surface area contributed by atoms with Crippen LogP contribution >= 0.6 is 22.6 Å². The van der Waals surface area contributed by atoms with Gasteiger partial charge in [-0.1, -0.05) is 22.6 Å². The summed E-state index contributed by atoms with van der Waals surface area (Å²) in [6, 6.07) is 0. The monoisotopic (exact) mass is 355 g/mol. The first-order chi connectivity index (χ1) is 7.92. The number of carbonyl (C=O) groups is 1. The van der Waals surface area contributed by atoms with Crippen molar-refractivity contribution >= 4 is 28.7 Å². The standard InChI is InChI=1S/C12H22INO3/c1-12(2,3)17-11(15)14-7-4-10(5-8-14)16-9-6-13/h10H,4-9H2,1-3H3. The van der Waals surface area contributed by atoms with Crippen molar-refractivity contribution in [2.24, 2.45) is 0 Å². The number of carbonyl (C=O) groups excluding carboxylic acids is 1. The molecule has 17 heavy (non-hydrogen) atoms. The number of rotatable bonds is 3. The van der Waals surface area contributed by atoms with Crippen LogP contribution in [0, 0.1) is 0 Å². The van der Waals surface area contributed by atoms with Crippen LogP contribution < -0.4 is 0 Å². The molecule has 0 aromatic carbocycles. The molecule has 1 heterocycles. The lowest BCUT2D eigenvalue weighted by molar-refractivity contribution is -0.00708. The molecule has 0 N–H and O–H groups in total. The molecular formula is C12H22INO3. The Labute approximate surface area is 117 Å². The van der Waals surface area contributed by atoms with Gasteiger partial charge >= 0.3 is 6.09 Å². The van der Waals surface area contributed by atoms with Crippen molar-refractivity contribution < 1.29 is 14.3 Å². The van der Waals surface area contributed by atoms with Gasteiger partial charge in [-0.25, -0.2) is 4.79 Å². The zero-order valence-corrected chi connectivity index (χ0v) is 13.0. The smallest absolute Gasteiger partial charge is 0.410 e. The topological polar surface area (TPSA) is 38.8 Å². The predicted molar refractivity (Wildman–Crippen MR) is 75.7 cm³/mol. The van der Waals surface area contributed by atoms with Crippen LogP contribution in [0.3, 0.4) is 0 Å². The van der Waals surface area contributed by atoms with Crippen molar-refractivity contribution in [3.63, 3.8) is 0 Å². The Morgan fingerprint density at radius 3 is 2.41 bits per heavy atom. The summed E-state index contributed by atoms with van der Waals surface area (Å²) in [6.07, 6.45) is 1.93.